The normalized spacial score (nSPS) is 10.5. The van der Waals surface area contributed by atoms with Crippen LogP contribution in [0.5, 0.6) is 5.75 Å². The van der Waals surface area contributed by atoms with Crippen LogP contribution in [0.3, 0.4) is 0 Å². The number of ether oxygens (including phenoxy) is 1. The van der Waals surface area contributed by atoms with Crippen molar-refractivity contribution >= 4 is 5.97 Å². The first kappa shape index (κ1) is 15.0. The summed E-state index contributed by atoms with van der Waals surface area (Å²) in [6.45, 7) is 3.13. The number of hydrogen-bond acceptors (Lipinski definition) is 5. The largest absolute Gasteiger partial charge is 0.486 e. The van der Waals surface area contributed by atoms with Gasteiger partial charge in [-0.05, 0) is 34.5 Å². The Hall–Kier alpha value is -2.44. The highest BCUT2D eigenvalue weighted by atomic mass is 16.5. The molecule has 0 saturated carbocycles. The van der Waals surface area contributed by atoms with Crippen molar-refractivity contribution in [2.75, 3.05) is 0 Å². The van der Waals surface area contributed by atoms with Gasteiger partial charge >= 0.3 is 5.97 Å². The Morgan fingerprint density at radius 2 is 2.29 bits per heavy atom. The summed E-state index contributed by atoms with van der Waals surface area (Å²) >= 11 is 0. The van der Waals surface area contributed by atoms with Crippen molar-refractivity contribution in [2.45, 2.75) is 39.3 Å². The van der Waals surface area contributed by atoms with Gasteiger partial charge < -0.3 is 9.84 Å². The fraction of sp³-hybridized carbons (Fsp3) is 0.429. The van der Waals surface area contributed by atoms with Crippen molar-refractivity contribution in [1.29, 1.82) is 0 Å². The summed E-state index contributed by atoms with van der Waals surface area (Å²) in [6.07, 6.45) is 2.05. The Balaban J connectivity index is 1.96. The summed E-state index contributed by atoms with van der Waals surface area (Å²) in [6, 6.07) is 7.03. The summed E-state index contributed by atoms with van der Waals surface area (Å²) in [5.74, 6) is 0.404. The molecule has 0 amide bonds. The summed E-state index contributed by atoms with van der Waals surface area (Å²) in [7, 11) is 0. The first-order valence-electron chi connectivity index (χ1n) is 6.87. The second kappa shape index (κ2) is 7.37. The lowest BCUT2D eigenvalue weighted by molar-refractivity contribution is -0.136. The molecule has 7 heteroatoms. The Bertz CT molecular complexity index is 597. The van der Waals surface area contributed by atoms with E-state index < -0.39 is 5.97 Å². The van der Waals surface area contributed by atoms with Gasteiger partial charge in [-0.3, -0.25) is 4.79 Å². The zero-order valence-corrected chi connectivity index (χ0v) is 11.9. The Kier molecular flexibility index (Phi) is 5.25. The third-order valence-electron chi connectivity index (χ3n) is 2.95. The molecule has 2 aromatic rings. The summed E-state index contributed by atoms with van der Waals surface area (Å²) in [5.41, 5.74) is 0.700. The second-order valence-electron chi connectivity index (χ2n) is 4.68. The summed E-state index contributed by atoms with van der Waals surface area (Å²) < 4.78 is 7.36. The van der Waals surface area contributed by atoms with Crippen molar-refractivity contribution < 1.29 is 14.6 Å². The molecule has 1 aromatic carbocycles. The Morgan fingerprint density at radius 3 is 3.05 bits per heavy atom. The van der Waals surface area contributed by atoms with Gasteiger partial charge in [0, 0.05) is 6.54 Å². The molecule has 1 aromatic heterocycles. The number of carboxylic acid groups (broad SMARTS) is 1. The number of aryl methyl sites for hydroxylation is 1. The van der Waals surface area contributed by atoms with Gasteiger partial charge in [0.2, 0.25) is 0 Å². The maximum atomic E-state index is 10.7. The lowest BCUT2D eigenvalue weighted by atomic mass is 10.1. The number of hydrogen-bond donors (Lipinski definition) is 1. The number of rotatable bonds is 8. The molecule has 0 aliphatic rings. The molecule has 0 radical (unpaired) electrons. The molecule has 112 valence electrons. The highest BCUT2D eigenvalue weighted by molar-refractivity contribution is 5.70. The quantitative estimate of drug-likeness (QED) is 0.795. The van der Waals surface area contributed by atoms with Crippen LogP contribution in [0.4, 0.5) is 0 Å². The molecule has 21 heavy (non-hydrogen) atoms. The molecule has 1 N–H and O–H groups in total. The highest BCUT2D eigenvalue weighted by Crippen LogP contribution is 2.15. The van der Waals surface area contributed by atoms with Crippen LogP contribution in [0.15, 0.2) is 24.3 Å². The number of tetrazole rings is 1. The molecule has 0 atom stereocenters. The van der Waals surface area contributed by atoms with Crippen molar-refractivity contribution in [3.05, 3.63) is 35.7 Å². The van der Waals surface area contributed by atoms with Gasteiger partial charge in [0.25, 0.3) is 0 Å². The average molecular weight is 290 g/mol. The minimum atomic E-state index is -0.865. The van der Waals surface area contributed by atoms with Crippen LogP contribution in [0.1, 0.15) is 31.2 Å². The fourth-order valence-electron chi connectivity index (χ4n) is 1.88. The van der Waals surface area contributed by atoms with Crippen molar-refractivity contribution in [2.24, 2.45) is 0 Å². The van der Waals surface area contributed by atoms with E-state index in [-0.39, 0.29) is 13.0 Å². The molecule has 2 rings (SSSR count). The molecule has 0 spiro atoms. The van der Waals surface area contributed by atoms with Crippen molar-refractivity contribution in [3.8, 4) is 5.75 Å². The fourth-order valence-corrected chi connectivity index (χ4v) is 1.88. The first-order valence-corrected chi connectivity index (χ1v) is 6.87. The van der Waals surface area contributed by atoms with E-state index in [9.17, 15) is 4.79 Å². The topological polar surface area (TPSA) is 90.1 Å². The number of aromatic nitrogens is 4. The van der Waals surface area contributed by atoms with Crippen LogP contribution in [0, 0.1) is 0 Å². The molecule has 0 saturated heterocycles. The van der Waals surface area contributed by atoms with E-state index in [4.69, 9.17) is 9.84 Å². The van der Waals surface area contributed by atoms with E-state index >= 15 is 0 Å². The standard InChI is InChI=1S/C14H18N4O3/c1-2-3-7-18-13(15-16-17-18)10-21-12-6-4-5-11(8-12)9-14(19)20/h4-6,8H,2-3,7,9-10H2,1H3,(H,19,20). The summed E-state index contributed by atoms with van der Waals surface area (Å²) in [4.78, 5) is 10.7. The molecule has 0 bridgehead atoms. The minimum absolute atomic E-state index is 0.0224. The van der Waals surface area contributed by atoms with E-state index in [1.807, 2.05) is 0 Å². The second-order valence-corrected chi connectivity index (χ2v) is 4.68. The predicted octanol–water partition coefficient (Wildman–Crippen LogP) is 1.68. The van der Waals surface area contributed by atoms with Gasteiger partial charge in [-0.2, -0.15) is 0 Å². The zero-order valence-electron chi connectivity index (χ0n) is 11.9. The first-order chi connectivity index (χ1) is 10.2. The lowest BCUT2D eigenvalue weighted by Gasteiger charge is -2.07. The molecular formula is C14H18N4O3. The van der Waals surface area contributed by atoms with Gasteiger partial charge in [0.15, 0.2) is 5.82 Å². The zero-order chi connectivity index (χ0) is 15.1. The Labute approximate surface area is 122 Å². The van der Waals surface area contributed by atoms with Gasteiger partial charge in [-0.25, -0.2) is 4.68 Å². The number of benzene rings is 1. The van der Waals surface area contributed by atoms with Crippen LogP contribution in [-0.4, -0.2) is 31.3 Å². The minimum Gasteiger partial charge on any atom is -0.486 e. The number of nitrogens with zero attached hydrogens (tertiary/aromatic N) is 4. The molecule has 0 unspecified atom stereocenters. The molecule has 0 fully saturated rings. The van der Waals surface area contributed by atoms with Gasteiger partial charge in [-0.15, -0.1) is 5.10 Å². The molecule has 7 nitrogen and oxygen atoms in total. The third kappa shape index (κ3) is 4.55. The van der Waals surface area contributed by atoms with Gasteiger partial charge in [0.1, 0.15) is 12.4 Å². The third-order valence-corrected chi connectivity index (χ3v) is 2.95. The average Bonchev–Trinajstić information content (AvgIpc) is 2.90. The molecule has 0 aliphatic carbocycles. The number of carbonyl (C=O) groups is 1. The van der Waals surface area contributed by atoms with Crippen molar-refractivity contribution in [3.63, 3.8) is 0 Å². The van der Waals surface area contributed by atoms with Crippen LogP contribution in [-0.2, 0) is 24.4 Å². The predicted molar refractivity (Wildman–Crippen MR) is 74.8 cm³/mol. The smallest absolute Gasteiger partial charge is 0.307 e. The Morgan fingerprint density at radius 1 is 1.43 bits per heavy atom. The monoisotopic (exact) mass is 290 g/mol. The molecule has 0 aliphatic heterocycles. The highest BCUT2D eigenvalue weighted by Gasteiger charge is 2.07. The maximum Gasteiger partial charge on any atom is 0.307 e. The summed E-state index contributed by atoms with van der Waals surface area (Å²) in [5, 5.41) is 20.3. The van der Waals surface area contributed by atoms with E-state index in [0.29, 0.717) is 17.1 Å². The molecular weight excluding hydrogens is 272 g/mol. The van der Waals surface area contributed by atoms with Crippen LogP contribution in [0.25, 0.3) is 0 Å². The van der Waals surface area contributed by atoms with Crippen LogP contribution >= 0.6 is 0 Å². The van der Waals surface area contributed by atoms with Crippen LogP contribution < -0.4 is 4.74 Å². The number of aliphatic carboxylic acids is 1. The van der Waals surface area contributed by atoms with Gasteiger partial charge in [0.05, 0.1) is 6.42 Å². The van der Waals surface area contributed by atoms with E-state index in [0.717, 1.165) is 19.4 Å². The SMILES string of the molecule is CCCCn1nnnc1COc1cccc(CC(=O)O)c1. The molecule has 1 heterocycles. The van der Waals surface area contributed by atoms with E-state index in [1.54, 1.807) is 28.9 Å². The number of unbranched alkanes of at least 4 members (excludes halogenated alkanes) is 1. The van der Waals surface area contributed by atoms with Crippen LogP contribution in [0.2, 0.25) is 0 Å². The van der Waals surface area contributed by atoms with Gasteiger partial charge in [-0.1, -0.05) is 25.5 Å². The lowest BCUT2D eigenvalue weighted by Crippen LogP contribution is -2.09. The van der Waals surface area contributed by atoms with Crippen molar-refractivity contribution in [1.82, 2.24) is 20.2 Å². The maximum absolute atomic E-state index is 10.7. The van der Waals surface area contributed by atoms with E-state index in [1.165, 1.54) is 0 Å². The van der Waals surface area contributed by atoms with E-state index in [2.05, 4.69) is 22.4 Å². The number of carboxylic acids is 1.